The van der Waals surface area contributed by atoms with Crippen molar-refractivity contribution in [3.63, 3.8) is 0 Å². The van der Waals surface area contributed by atoms with Crippen LogP contribution in [0.5, 0.6) is 0 Å². The van der Waals surface area contributed by atoms with Crippen LogP contribution in [0.1, 0.15) is 56.6 Å². The molecule has 6 rings (SSSR count). The van der Waals surface area contributed by atoms with Gasteiger partial charge in [-0.2, -0.15) is 10.5 Å². The number of piperidine rings is 3. The number of rotatable bonds is 8. The van der Waals surface area contributed by atoms with Crippen molar-refractivity contribution in [2.45, 2.75) is 64.3 Å². The highest BCUT2D eigenvalue weighted by Crippen LogP contribution is 2.36. The first-order chi connectivity index (χ1) is 26.1. The lowest BCUT2D eigenvalue weighted by atomic mass is 9.75. The first-order valence-electron chi connectivity index (χ1n) is 19.7. The van der Waals surface area contributed by atoms with Gasteiger partial charge in [0.05, 0.1) is 36.1 Å². The van der Waals surface area contributed by atoms with Crippen molar-refractivity contribution in [1.82, 2.24) is 29.8 Å². The molecule has 0 unspecified atom stereocenters. The number of hydrogen-bond donors (Lipinski definition) is 1. The van der Waals surface area contributed by atoms with Crippen LogP contribution in [0.2, 0.25) is 0 Å². The van der Waals surface area contributed by atoms with Crippen molar-refractivity contribution in [1.29, 1.82) is 10.5 Å². The number of ether oxygens (including phenoxy) is 1. The summed E-state index contributed by atoms with van der Waals surface area (Å²) < 4.78 is 4.99. The molecule has 4 aliphatic rings. The average molecular weight is 739 g/mol. The first kappa shape index (κ1) is 40.5. The van der Waals surface area contributed by atoms with Gasteiger partial charge in [-0.25, -0.2) is 9.59 Å². The van der Waals surface area contributed by atoms with Gasteiger partial charge in [-0.1, -0.05) is 60.7 Å². The van der Waals surface area contributed by atoms with Crippen LogP contribution in [0.3, 0.4) is 0 Å². The molecule has 1 N–H and O–H groups in total. The molecule has 0 radical (unpaired) electrons. The van der Waals surface area contributed by atoms with Crippen LogP contribution >= 0.6 is 0 Å². The number of amides is 4. The maximum Gasteiger partial charge on any atom is 0.320 e. The van der Waals surface area contributed by atoms with Gasteiger partial charge in [-0.3, -0.25) is 9.69 Å². The zero-order valence-corrected chi connectivity index (χ0v) is 32.3. The number of urea groups is 2. The van der Waals surface area contributed by atoms with Crippen molar-refractivity contribution >= 4 is 18.0 Å². The van der Waals surface area contributed by atoms with Crippen molar-refractivity contribution in [3.05, 3.63) is 71.8 Å². The number of nitrogens with zero attached hydrogens (tertiary/aromatic N) is 7. The maximum absolute atomic E-state index is 12.9. The topological polar surface area (TPSA) is 136 Å². The molecule has 290 valence electrons. The number of piperazine rings is 1. The second-order valence-corrected chi connectivity index (χ2v) is 15.5. The molecular formula is C42H58N8O4. The second-order valence-electron chi connectivity index (χ2n) is 15.5. The molecule has 0 aliphatic carbocycles. The summed E-state index contributed by atoms with van der Waals surface area (Å²) >= 11 is 0. The Morgan fingerprint density at radius 2 is 1.17 bits per heavy atom. The van der Waals surface area contributed by atoms with E-state index < -0.39 is 5.41 Å². The van der Waals surface area contributed by atoms with E-state index in [-0.39, 0.29) is 36.0 Å². The first-order valence-corrected chi connectivity index (χ1v) is 19.7. The molecule has 0 atom stereocenters. The Morgan fingerprint density at radius 3 is 1.63 bits per heavy atom. The van der Waals surface area contributed by atoms with Crippen LogP contribution in [0, 0.1) is 33.5 Å². The van der Waals surface area contributed by atoms with E-state index in [2.05, 4.69) is 53.7 Å². The van der Waals surface area contributed by atoms with E-state index in [1.165, 1.54) is 11.1 Å². The van der Waals surface area contributed by atoms with Gasteiger partial charge in [0.15, 0.2) is 0 Å². The smallest absolute Gasteiger partial charge is 0.320 e. The normalized spacial score (nSPS) is 20.4. The lowest BCUT2D eigenvalue weighted by Gasteiger charge is -2.41. The van der Waals surface area contributed by atoms with Crippen LogP contribution < -0.4 is 5.32 Å². The Bertz CT molecular complexity index is 1580. The predicted octanol–water partition coefficient (Wildman–Crippen LogP) is 4.77. The van der Waals surface area contributed by atoms with E-state index in [0.29, 0.717) is 71.8 Å². The molecule has 0 saturated carbocycles. The summed E-state index contributed by atoms with van der Waals surface area (Å²) in [6, 6.07) is 25.8. The highest BCUT2D eigenvalue weighted by atomic mass is 16.5. The van der Waals surface area contributed by atoms with Crippen molar-refractivity contribution in [2.75, 3.05) is 85.6 Å². The van der Waals surface area contributed by atoms with Crippen LogP contribution in [-0.4, -0.2) is 134 Å². The highest BCUT2D eigenvalue weighted by molar-refractivity contribution is 5.75. The molecule has 4 aliphatic heterocycles. The Hall–Kier alpha value is -4.65. The van der Waals surface area contributed by atoms with E-state index in [1.54, 1.807) is 6.92 Å². The lowest BCUT2D eigenvalue weighted by molar-refractivity contribution is -0.144. The molecule has 4 saturated heterocycles. The zero-order valence-electron chi connectivity index (χ0n) is 32.3. The third kappa shape index (κ3) is 11.4. The average Bonchev–Trinajstić information content (AvgIpc) is 3.20. The van der Waals surface area contributed by atoms with Gasteiger partial charge in [0.1, 0.15) is 0 Å². The summed E-state index contributed by atoms with van der Waals surface area (Å²) in [5, 5.41) is 22.7. The maximum atomic E-state index is 12.9. The van der Waals surface area contributed by atoms with E-state index in [4.69, 9.17) is 4.74 Å². The molecule has 12 nitrogen and oxygen atoms in total. The van der Waals surface area contributed by atoms with Gasteiger partial charge >= 0.3 is 18.0 Å². The Labute approximate surface area is 321 Å². The molecule has 2 aromatic rings. The Balaban J connectivity index is 0.000000210. The molecule has 0 spiro atoms. The number of hydrogen-bond acceptors (Lipinski definition) is 8. The third-order valence-electron chi connectivity index (χ3n) is 11.6. The molecular weight excluding hydrogens is 681 g/mol. The fraction of sp³-hybridized carbons (Fsp3) is 0.595. The summed E-state index contributed by atoms with van der Waals surface area (Å²) in [5.74, 6) is -0.213. The highest BCUT2D eigenvalue weighted by Gasteiger charge is 2.39. The van der Waals surface area contributed by atoms with Crippen molar-refractivity contribution < 1.29 is 19.1 Å². The summed E-state index contributed by atoms with van der Waals surface area (Å²) in [7, 11) is 2.12. The number of esters is 1. The second kappa shape index (κ2) is 19.6. The molecule has 0 bridgehead atoms. The van der Waals surface area contributed by atoms with E-state index in [1.807, 2.05) is 56.0 Å². The monoisotopic (exact) mass is 738 g/mol. The Kier molecular flexibility index (Phi) is 14.7. The lowest BCUT2D eigenvalue weighted by Crippen LogP contribution is -2.55. The fourth-order valence-electron chi connectivity index (χ4n) is 8.00. The molecule has 4 fully saturated rings. The van der Waals surface area contributed by atoms with Gasteiger partial charge < -0.3 is 29.7 Å². The minimum atomic E-state index is -0.392. The van der Waals surface area contributed by atoms with Gasteiger partial charge in [-0.05, 0) is 89.6 Å². The minimum absolute atomic E-state index is 0.0424. The van der Waals surface area contributed by atoms with Crippen LogP contribution in [0.15, 0.2) is 60.7 Å². The van der Waals surface area contributed by atoms with Crippen molar-refractivity contribution in [2.24, 2.45) is 10.8 Å². The number of nitrogens with one attached hydrogen (secondary N) is 1. The van der Waals surface area contributed by atoms with E-state index in [0.717, 1.165) is 51.6 Å². The van der Waals surface area contributed by atoms with Crippen LogP contribution in [0.4, 0.5) is 9.59 Å². The van der Waals surface area contributed by atoms with Gasteiger partial charge in [-0.15, -0.1) is 0 Å². The van der Waals surface area contributed by atoms with Gasteiger partial charge in [0, 0.05) is 58.4 Å². The minimum Gasteiger partial charge on any atom is -0.465 e. The number of likely N-dealkylation sites (tertiary alicyclic amines) is 3. The Morgan fingerprint density at radius 1 is 0.704 bits per heavy atom. The largest absolute Gasteiger partial charge is 0.465 e. The van der Waals surface area contributed by atoms with Gasteiger partial charge in [0.2, 0.25) is 0 Å². The number of nitriles is 2. The fourth-order valence-corrected chi connectivity index (χ4v) is 8.00. The molecule has 2 aromatic carbocycles. The number of carbonyl (C=O) groups is 3. The van der Waals surface area contributed by atoms with E-state index in [9.17, 15) is 24.9 Å². The molecule has 0 aromatic heterocycles. The predicted molar refractivity (Wildman–Crippen MR) is 207 cm³/mol. The summed E-state index contributed by atoms with van der Waals surface area (Å²) in [5.41, 5.74) is 1.64. The summed E-state index contributed by atoms with van der Waals surface area (Å²) in [6.45, 7) is 9.69. The van der Waals surface area contributed by atoms with Crippen LogP contribution in [0.25, 0.3) is 0 Å². The van der Waals surface area contributed by atoms with Crippen molar-refractivity contribution in [3.8, 4) is 12.1 Å². The molecule has 54 heavy (non-hydrogen) atoms. The quantitative estimate of drug-likeness (QED) is 0.383. The van der Waals surface area contributed by atoms with Crippen LogP contribution in [-0.2, 0) is 22.4 Å². The molecule has 4 heterocycles. The molecule has 4 amide bonds. The zero-order chi connectivity index (χ0) is 38.4. The van der Waals surface area contributed by atoms with Gasteiger partial charge in [0.25, 0.3) is 0 Å². The summed E-state index contributed by atoms with van der Waals surface area (Å²) in [4.78, 5) is 47.0. The standard InChI is InChI=1S/C22H30N4O3.C20H28N4O/c1-2-29-20(27)17-24-12-14-26(15-13-24)21(28)25-10-8-22(18-23,9-11-25)16-19-6-4-3-5-7-19;1-23-11-7-18(8-12-23)22-19(25)24-13-9-20(16-21,10-14-24)15-17-5-3-2-4-6-17/h3-7H,2,8-17H2,1H3;2-6,18H,7-15H2,1H3,(H,22,25). The SMILES string of the molecule is CCOC(=O)CN1CCN(C(=O)N2CCC(C#N)(Cc3ccccc3)CC2)CC1.CN1CCC(NC(=O)N2CCC(C#N)(Cc3ccccc3)CC2)CC1. The summed E-state index contributed by atoms with van der Waals surface area (Å²) in [6.07, 6.45) is 6.45. The third-order valence-corrected chi connectivity index (χ3v) is 11.6. The molecule has 12 heteroatoms. The number of benzene rings is 2. The number of carbonyl (C=O) groups excluding carboxylic acids is 3. The van der Waals surface area contributed by atoms with E-state index >= 15 is 0 Å².